The third-order valence-corrected chi connectivity index (χ3v) is 7.28. The van der Waals surface area contributed by atoms with Gasteiger partial charge >= 0.3 is 29.6 Å². The molecule has 0 bridgehead atoms. The molecule has 0 amide bonds. The fraction of sp³-hybridized carbons (Fsp3) is 1.00. The third-order valence-electron chi connectivity index (χ3n) is 5.99. The Balaban J connectivity index is 0. The summed E-state index contributed by atoms with van der Waals surface area (Å²) in [5, 5.41) is 9.23. The van der Waals surface area contributed by atoms with Crippen LogP contribution in [0.5, 0.6) is 0 Å². The summed E-state index contributed by atoms with van der Waals surface area (Å²) in [5.74, 6) is 0. The first-order valence-electron chi connectivity index (χ1n) is 12.5. The van der Waals surface area contributed by atoms with E-state index in [2.05, 4.69) is 13.8 Å². The molecule has 0 aromatic carbocycles. The van der Waals surface area contributed by atoms with Gasteiger partial charge in [-0.15, -0.1) is 0 Å². The normalized spacial score (nSPS) is 13.7. The van der Waals surface area contributed by atoms with Crippen LogP contribution in [-0.2, 0) is 10.1 Å². The molecular weight excluding hydrogens is 407 g/mol. The topological polar surface area (TPSA) is 77.4 Å². The molecule has 30 heavy (non-hydrogen) atoms. The maximum Gasteiger partial charge on any atom is 1.00 e. The molecule has 0 saturated carbocycles. The molecule has 0 spiro atoms. The van der Waals surface area contributed by atoms with Crippen molar-refractivity contribution in [3.8, 4) is 0 Å². The van der Waals surface area contributed by atoms with E-state index in [1.807, 2.05) is 0 Å². The zero-order valence-corrected chi connectivity index (χ0v) is 23.2. The summed E-state index contributed by atoms with van der Waals surface area (Å²) in [4.78, 5) is 0. The molecule has 0 aliphatic heterocycles. The second kappa shape index (κ2) is 23.0. The van der Waals surface area contributed by atoms with Crippen molar-refractivity contribution >= 4 is 10.1 Å². The summed E-state index contributed by atoms with van der Waals surface area (Å²) < 4.78 is 34.5. The van der Waals surface area contributed by atoms with Gasteiger partial charge in [-0.2, -0.15) is 0 Å². The number of aliphatic hydroxyl groups is 1. The molecule has 0 aromatic heterocycles. The number of hydrogen-bond acceptors (Lipinski definition) is 4. The standard InChI is InChI=1S/C24H50O4S.Na/c1-3-5-7-8-13-17-21-24(29(26,27)28)22-18-14-11-9-10-12-16-20-23(25)19-15-6-4-2;/h23-25H,3-22H2,1-2H3,(H,26,27,28);/q;+1/p-1. The zero-order chi connectivity index (χ0) is 21.8. The third kappa shape index (κ3) is 22.1. The van der Waals surface area contributed by atoms with Gasteiger partial charge in [0, 0.05) is 5.25 Å². The van der Waals surface area contributed by atoms with Crippen LogP contribution >= 0.6 is 0 Å². The first kappa shape index (κ1) is 33.0. The Bertz CT molecular complexity index is 442. The summed E-state index contributed by atoms with van der Waals surface area (Å²) in [5.41, 5.74) is 0. The van der Waals surface area contributed by atoms with Crippen molar-refractivity contribution in [1.29, 1.82) is 0 Å². The largest absolute Gasteiger partial charge is 1.00 e. The Labute approximate surface area is 210 Å². The van der Waals surface area contributed by atoms with Crippen LogP contribution in [0.25, 0.3) is 0 Å². The van der Waals surface area contributed by atoms with E-state index in [0.29, 0.717) is 12.8 Å². The second-order valence-corrected chi connectivity index (χ2v) is 10.5. The van der Waals surface area contributed by atoms with Gasteiger partial charge < -0.3 is 9.66 Å². The molecule has 0 heterocycles. The number of rotatable bonds is 22. The zero-order valence-electron chi connectivity index (χ0n) is 20.4. The van der Waals surface area contributed by atoms with E-state index in [-0.39, 0.29) is 35.7 Å². The van der Waals surface area contributed by atoms with E-state index < -0.39 is 15.4 Å². The fourth-order valence-electron chi connectivity index (χ4n) is 4.00. The van der Waals surface area contributed by atoms with Crippen LogP contribution in [0.2, 0.25) is 0 Å². The van der Waals surface area contributed by atoms with Gasteiger partial charge in [0.2, 0.25) is 0 Å². The molecule has 176 valence electrons. The Kier molecular flexibility index (Phi) is 25.4. The maximum absolute atomic E-state index is 11.5. The predicted molar refractivity (Wildman–Crippen MR) is 123 cm³/mol. The van der Waals surface area contributed by atoms with Gasteiger partial charge in [-0.1, -0.05) is 117 Å². The molecule has 0 rings (SSSR count). The molecule has 0 saturated heterocycles. The average Bonchev–Trinajstić information content (AvgIpc) is 2.66. The monoisotopic (exact) mass is 456 g/mol. The summed E-state index contributed by atoms with van der Waals surface area (Å²) in [6.07, 6.45) is 20.7. The number of hydrogen-bond donors (Lipinski definition) is 1. The van der Waals surface area contributed by atoms with Gasteiger partial charge in [-0.25, -0.2) is 8.42 Å². The van der Waals surface area contributed by atoms with Crippen LogP contribution in [0.15, 0.2) is 0 Å². The van der Waals surface area contributed by atoms with E-state index in [0.717, 1.165) is 70.6 Å². The van der Waals surface area contributed by atoms with E-state index in [1.165, 1.54) is 44.9 Å². The molecule has 0 aliphatic carbocycles. The van der Waals surface area contributed by atoms with Crippen LogP contribution in [-0.4, -0.2) is 29.4 Å². The van der Waals surface area contributed by atoms with Crippen LogP contribution in [0.1, 0.15) is 142 Å². The molecule has 0 aromatic rings. The predicted octanol–water partition coefficient (Wildman–Crippen LogP) is 4.11. The molecule has 2 unspecified atom stereocenters. The number of aliphatic hydroxyl groups excluding tert-OH is 1. The van der Waals surface area contributed by atoms with Crippen molar-refractivity contribution in [2.24, 2.45) is 0 Å². The Morgan fingerprint density at radius 2 is 0.900 bits per heavy atom. The van der Waals surface area contributed by atoms with Crippen LogP contribution in [0.4, 0.5) is 0 Å². The second-order valence-electron chi connectivity index (χ2n) is 8.87. The van der Waals surface area contributed by atoms with E-state index in [4.69, 9.17) is 0 Å². The fourth-order valence-corrected chi connectivity index (χ4v) is 4.91. The molecule has 0 fully saturated rings. The van der Waals surface area contributed by atoms with Gasteiger partial charge in [0.25, 0.3) is 0 Å². The van der Waals surface area contributed by atoms with Crippen molar-refractivity contribution in [1.82, 2.24) is 0 Å². The van der Waals surface area contributed by atoms with Gasteiger partial charge in [0.1, 0.15) is 0 Å². The minimum Gasteiger partial charge on any atom is -0.748 e. The van der Waals surface area contributed by atoms with Crippen LogP contribution in [0, 0.1) is 0 Å². The molecule has 0 radical (unpaired) electrons. The van der Waals surface area contributed by atoms with Crippen LogP contribution < -0.4 is 29.6 Å². The van der Waals surface area contributed by atoms with Gasteiger partial charge in [-0.05, 0) is 25.7 Å². The van der Waals surface area contributed by atoms with Gasteiger partial charge in [-0.3, -0.25) is 0 Å². The SMILES string of the molecule is CCCCCCCCC(CCCCCCCCCC(O)CCCCC)S(=O)(=O)[O-].[Na+]. The average molecular weight is 457 g/mol. The van der Waals surface area contributed by atoms with Crippen LogP contribution in [0.3, 0.4) is 0 Å². The Hall–Kier alpha value is 0.870. The molecule has 6 heteroatoms. The Morgan fingerprint density at radius 1 is 0.600 bits per heavy atom. The summed E-state index contributed by atoms with van der Waals surface area (Å²) in [6.45, 7) is 4.36. The summed E-state index contributed by atoms with van der Waals surface area (Å²) in [7, 11) is -4.16. The van der Waals surface area contributed by atoms with E-state index in [9.17, 15) is 18.1 Å². The van der Waals surface area contributed by atoms with Crippen molar-refractivity contribution in [3.63, 3.8) is 0 Å². The first-order valence-corrected chi connectivity index (χ1v) is 14.0. The van der Waals surface area contributed by atoms with Gasteiger partial charge in [0.15, 0.2) is 0 Å². The minimum absolute atomic E-state index is 0. The number of unbranched alkanes of at least 4 members (excludes halogenated alkanes) is 13. The van der Waals surface area contributed by atoms with Gasteiger partial charge in [0.05, 0.1) is 16.2 Å². The molecular formula is C24H49NaO4S. The maximum atomic E-state index is 11.5. The van der Waals surface area contributed by atoms with E-state index >= 15 is 0 Å². The van der Waals surface area contributed by atoms with Crippen molar-refractivity contribution in [2.75, 3.05) is 0 Å². The summed E-state index contributed by atoms with van der Waals surface area (Å²) in [6, 6.07) is 0. The van der Waals surface area contributed by atoms with Crippen molar-refractivity contribution in [3.05, 3.63) is 0 Å². The quantitative estimate of drug-likeness (QED) is 0.151. The first-order chi connectivity index (χ1) is 13.9. The molecule has 1 N–H and O–H groups in total. The molecule has 2 atom stereocenters. The van der Waals surface area contributed by atoms with Crippen molar-refractivity contribution < 1.29 is 47.6 Å². The minimum atomic E-state index is -4.16. The Morgan fingerprint density at radius 3 is 1.30 bits per heavy atom. The summed E-state index contributed by atoms with van der Waals surface area (Å²) >= 11 is 0. The smallest absolute Gasteiger partial charge is 0.748 e. The molecule has 0 aliphatic rings. The van der Waals surface area contributed by atoms with Crippen molar-refractivity contribution in [2.45, 2.75) is 154 Å². The molecule has 4 nitrogen and oxygen atoms in total. The van der Waals surface area contributed by atoms with E-state index in [1.54, 1.807) is 0 Å².